The molecule has 1 aromatic carbocycles. The first kappa shape index (κ1) is 13.8. The van der Waals surface area contributed by atoms with Gasteiger partial charge in [-0.3, -0.25) is 0 Å². The summed E-state index contributed by atoms with van der Waals surface area (Å²) in [5.41, 5.74) is 2.77. The van der Waals surface area contributed by atoms with Gasteiger partial charge in [-0.05, 0) is 31.0 Å². The topological polar surface area (TPSA) is 62.2 Å². The predicted octanol–water partition coefficient (Wildman–Crippen LogP) is 3.72. The van der Waals surface area contributed by atoms with Crippen LogP contribution in [0.25, 0.3) is 0 Å². The number of aromatic carboxylic acids is 1. The fraction of sp³-hybridized carbons (Fsp3) is 0.231. The molecule has 0 aliphatic heterocycles. The Kier molecular flexibility index (Phi) is 4.07. The van der Waals surface area contributed by atoms with Crippen molar-refractivity contribution in [1.29, 1.82) is 0 Å². The van der Waals surface area contributed by atoms with Crippen molar-refractivity contribution in [2.75, 3.05) is 5.32 Å². The SMILES string of the molecule is Cc1cc(C)c(NCc2cnc(Cl)s2)c(C(=O)O)c1. The Morgan fingerprint density at radius 1 is 1.47 bits per heavy atom. The number of hydrogen-bond acceptors (Lipinski definition) is 4. The molecule has 0 saturated heterocycles. The summed E-state index contributed by atoms with van der Waals surface area (Å²) in [6.07, 6.45) is 1.68. The third kappa shape index (κ3) is 3.24. The number of carbonyl (C=O) groups is 1. The standard InChI is InChI=1S/C13H13ClN2O2S/c1-7-3-8(2)11(10(4-7)12(17)18)15-5-9-6-16-13(14)19-9/h3-4,6,15H,5H2,1-2H3,(H,17,18). The molecular weight excluding hydrogens is 284 g/mol. The smallest absolute Gasteiger partial charge is 0.337 e. The molecule has 0 fully saturated rings. The molecule has 0 aliphatic rings. The Morgan fingerprint density at radius 3 is 2.79 bits per heavy atom. The number of anilines is 1. The third-order valence-corrected chi connectivity index (χ3v) is 3.79. The lowest BCUT2D eigenvalue weighted by Gasteiger charge is -2.13. The lowest BCUT2D eigenvalue weighted by atomic mass is 10.0. The monoisotopic (exact) mass is 296 g/mol. The third-order valence-electron chi connectivity index (χ3n) is 2.68. The van der Waals surface area contributed by atoms with E-state index in [0.29, 0.717) is 16.7 Å². The summed E-state index contributed by atoms with van der Waals surface area (Å²) in [4.78, 5) is 16.2. The molecule has 6 heteroatoms. The molecule has 2 rings (SSSR count). The van der Waals surface area contributed by atoms with Crippen LogP contribution in [0, 0.1) is 13.8 Å². The van der Waals surface area contributed by atoms with Crippen molar-refractivity contribution in [3.63, 3.8) is 0 Å². The molecule has 4 nitrogen and oxygen atoms in total. The van der Waals surface area contributed by atoms with Crippen LogP contribution in [0.3, 0.4) is 0 Å². The first-order valence-electron chi connectivity index (χ1n) is 5.66. The van der Waals surface area contributed by atoms with Crippen molar-refractivity contribution in [2.24, 2.45) is 0 Å². The van der Waals surface area contributed by atoms with Crippen LogP contribution in [-0.4, -0.2) is 16.1 Å². The van der Waals surface area contributed by atoms with Crippen LogP contribution >= 0.6 is 22.9 Å². The van der Waals surface area contributed by atoms with E-state index in [-0.39, 0.29) is 5.56 Å². The first-order chi connectivity index (χ1) is 8.97. The molecule has 100 valence electrons. The van der Waals surface area contributed by atoms with Crippen LogP contribution in [0.2, 0.25) is 4.47 Å². The summed E-state index contributed by atoms with van der Waals surface area (Å²) in [6, 6.07) is 3.62. The number of aromatic nitrogens is 1. The summed E-state index contributed by atoms with van der Waals surface area (Å²) in [6.45, 7) is 4.28. The maximum Gasteiger partial charge on any atom is 0.337 e. The van der Waals surface area contributed by atoms with Crippen LogP contribution in [-0.2, 0) is 6.54 Å². The van der Waals surface area contributed by atoms with Gasteiger partial charge in [0.15, 0.2) is 4.47 Å². The van der Waals surface area contributed by atoms with Crippen molar-refractivity contribution in [1.82, 2.24) is 4.98 Å². The molecule has 0 saturated carbocycles. The van der Waals surface area contributed by atoms with Crippen molar-refractivity contribution in [2.45, 2.75) is 20.4 Å². The number of carboxylic acids is 1. The van der Waals surface area contributed by atoms with Crippen molar-refractivity contribution >= 4 is 34.6 Å². The van der Waals surface area contributed by atoms with E-state index in [4.69, 9.17) is 11.6 Å². The minimum atomic E-state index is -0.934. The second kappa shape index (κ2) is 5.59. The Morgan fingerprint density at radius 2 is 2.21 bits per heavy atom. The Balaban J connectivity index is 2.26. The average molecular weight is 297 g/mol. The van der Waals surface area contributed by atoms with Gasteiger partial charge in [-0.15, -0.1) is 11.3 Å². The zero-order valence-corrected chi connectivity index (χ0v) is 12.1. The lowest BCUT2D eigenvalue weighted by Crippen LogP contribution is -2.08. The predicted molar refractivity (Wildman–Crippen MR) is 77.3 cm³/mol. The van der Waals surface area contributed by atoms with Gasteiger partial charge in [0.2, 0.25) is 0 Å². The number of aryl methyl sites for hydroxylation is 2. The summed E-state index contributed by atoms with van der Waals surface area (Å²) in [5, 5.41) is 12.4. The van der Waals surface area contributed by atoms with Crippen molar-refractivity contribution < 1.29 is 9.90 Å². The number of nitrogens with zero attached hydrogens (tertiary/aromatic N) is 1. The number of carboxylic acid groups (broad SMARTS) is 1. The molecule has 0 bridgehead atoms. The summed E-state index contributed by atoms with van der Waals surface area (Å²) in [5.74, 6) is -0.934. The van der Waals surface area contributed by atoms with E-state index in [1.54, 1.807) is 12.3 Å². The Labute approximate surface area is 120 Å². The van der Waals surface area contributed by atoms with E-state index in [0.717, 1.165) is 16.0 Å². The molecule has 0 aliphatic carbocycles. The van der Waals surface area contributed by atoms with Crippen LogP contribution < -0.4 is 5.32 Å². The highest BCUT2D eigenvalue weighted by Crippen LogP contribution is 2.25. The molecule has 19 heavy (non-hydrogen) atoms. The molecule has 0 spiro atoms. The van der Waals surface area contributed by atoms with Gasteiger partial charge < -0.3 is 10.4 Å². The molecular formula is C13H13ClN2O2S. The quantitative estimate of drug-likeness (QED) is 0.902. The normalized spacial score (nSPS) is 10.5. The minimum Gasteiger partial charge on any atom is -0.478 e. The number of hydrogen-bond donors (Lipinski definition) is 2. The van der Waals surface area contributed by atoms with Crippen LogP contribution in [0.15, 0.2) is 18.3 Å². The van der Waals surface area contributed by atoms with Crippen LogP contribution in [0.1, 0.15) is 26.4 Å². The van der Waals surface area contributed by atoms with E-state index >= 15 is 0 Å². The number of benzene rings is 1. The van der Waals surface area contributed by atoms with Gasteiger partial charge in [0.25, 0.3) is 0 Å². The summed E-state index contributed by atoms with van der Waals surface area (Å²) < 4.78 is 0.482. The van der Waals surface area contributed by atoms with Crippen LogP contribution in [0.5, 0.6) is 0 Å². The van der Waals surface area contributed by atoms with E-state index in [2.05, 4.69) is 10.3 Å². The van der Waals surface area contributed by atoms with Gasteiger partial charge >= 0.3 is 5.97 Å². The lowest BCUT2D eigenvalue weighted by molar-refractivity contribution is 0.0697. The van der Waals surface area contributed by atoms with E-state index in [1.807, 2.05) is 19.9 Å². The van der Waals surface area contributed by atoms with Gasteiger partial charge in [-0.2, -0.15) is 0 Å². The molecule has 0 radical (unpaired) electrons. The molecule has 2 N–H and O–H groups in total. The van der Waals surface area contributed by atoms with Crippen molar-refractivity contribution in [3.8, 4) is 0 Å². The van der Waals surface area contributed by atoms with E-state index in [1.165, 1.54) is 11.3 Å². The highest BCUT2D eigenvalue weighted by Gasteiger charge is 2.13. The van der Waals surface area contributed by atoms with Gasteiger partial charge in [0.1, 0.15) is 0 Å². The number of thiazole rings is 1. The van der Waals surface area contributed by atoms with Gasteiger partial charge in [0, 0.05) is 11.1 Å². The highest BCUT2D eigenvalue weighted by molar-refractivity contribution is 7.15. The van der Waals surface area contributed by atoms with Gasteiger partial charge in [-0.25, -0.2) is 9.78 Å². The fourth-order valence-corrected chi connectivity index (χ4v) is 2.83. The summed E-state index contributed by atoms with van der Waals surface area (Å²) >= 11 is 7.14. The van der Waals surface area contributed by atoms with Crippen molar-refractivity contribution in [3.05, 3.63) is 44.4 Å². The van der Waals surface area contributed by atoms with E-state index in [9.17, 15) is 9.90 Å². The molecule has 0 unspecified atom stereocenters. The molecule has 0 atom stereocenters. The molecule has 1 heterocycles. The maximum absolute atomic E-state index is 11.3. The number of halogens is 1. The number of rotatable bonds is 4. The second-order valence-corrected chi connectivity index (χ2v) is 5.94. The average Bonchev–Trinajstić information content (AvgIpc) is 2.73. The Bertz CT molecular complexity index is 625. The van der Waals surface area contributed by atoms with E-state index < -0.39 is 5.97 Å². The second-order valence-electron chi connectivity index (χ2n) is 4.24. The number of nitrogens with one attached hydrogen (secondary N) is 1. The zero-order chi connectivity index (χ0) is 14.0. The van der Waals surface area contributed by atoms with Gasteiger partial charge in [-0.1, -0.05) is 17.7 Å². The minimum absolute atomic E-state index is 0.285. The Hall–Kier alpha value is -1.59. The molecule has 0 amide bonds. The fourth-order valence-electron chi connectivity index (χ4n) is 1.91. The maximum atomic E-state index is 11.3. The molecule has 1 aromatic heterocycles. The van der Waals surface area contributed by atoms with Gasteiger partial charge in [0.05, 0.1) is 17.8 Å². The molecule has 2 aromatic rings. The highest BCUT2D eigenvalue weighted by atomic mass is 35.5. The zero-order valence-electron chi connectivity index (χ0n) is 10.5. The largest absolute Gasteiger partial charge is 0.478 e. The first-order valence-corrected chi connectivity index (χ1v) is 6.85. The van der Waals surface area contributed by atoms with Crippen LogP contribution in [0.4, 0.5) is 5.69 Å². The summed E-state index contributed by atoms with van der Waals surface area (Å²) in [7, 11) is 0.